The molecule has 6 nitrogen and oxygen atoms in total. The molecule has 1 atom stereocenters. The van der Waals surface area contributed by atoms with Crippen molar-refractivity contribution in [3.8, 4) is 11.4 Å². The highest BCUT2D eigenvalue weighted by atomic mass is 35.5. The molecular formula is C25H27ClN4O2S. The summed E-state index contributed by atoms with van der Waals surface area (Å²) in [5.74, 6) is 1.35. The molecule has 0 spiro atoms. The van der Waals surface area contributed by atoms with E-state index in [1.54, 1.807) is 28.8 Å². The number of hydrogen-bond donors (Lipinski definition) is 1. The van der Waals surface area contributed by atoms with Crippen LogP contribution in [0.2, 0.25) is 5.02 Å². The Balaban J connectivity index is 1.77. The second kappa shape index (κ2) is 10.0. The highest BCUT2D eigenvalue weighted by Crippen LogP contribution is 2.38. The standard InChI is InChI=1S/C25H27ClN4O2S/c1-15(2)13-14-30-16(3)21(22(27-25(30)31)17-7-11-20(33-4)12-8-17)24-28-23(29-32-24)18-5-9-19(26)10-6-18/h5-12,15,22H,13-14H2,1-4H3,(H,27,31). The van der Waals surface area contributed by atoms with Gasteiger partial charge >= 0.3 is 6.03 Å². The molecular weight excluding hydrogens is 456 g/mol. The third-order valence-corrected chi connectivity index (χ3v) is 6.73. The van der Waals surface area contributed by atoms with Gasteiger partial charge in [-0.3, -0.25) is 4.90 Å². The van der Waals surface area contributed by atoms with Gasteiger partial charge < -0.3 is 9.84 Å². The number of rotatable bonds is 7. The summed E-state index contributed by atoms with van der Waals surface area (Å²) in [4.78, 5) is 20.7. The van der Waals surface area contributed by atoms with Crippen LogP contribution in [-0.4, -0.2) is 33.9 Å². The molecule has 1 aromatic heterocycles. The maximum atomic E-state index is 13.1. The van der Waals surface area contributed by atoms with Crippen LogP contribution in [0.15, 0.2) is 63.6 Å². The summed E-state index contributed by atoms with van der Waals surface area (Å²) in [6.45, 7) is 6.86. The van der Waals surface area contributed by atoms with Crippen LogP contribution in [-0.2, 0) is 0 Å². The van der Waals surface area contributed by atoms with Crippen LogP contribution in [0, 0.1) is 5.92 Å². The lowest BCUT2D eigenvalue weighted by molar-refractivity contribution is 0.202. The number of thioether (sulfide) groups is 1. The molecule has 0 saturated carbocycles. The average molecular weight is 483 g/mol. The van der Waals surface area contributed by atoms with Gasteiger partial charge in [-0.1, -0.05) is 42.7 Å². The normalized spacial score (nSPS) is 16.5. The van der Waals surface area contributed by atoms with E-state index in [1.807, 2.05) is 37.4 Å². The van der Waals surface area contributed by atoms with Crippen LogP contribution in [0.1, 0.15) is 44.7 Å². The Morgan fingerprint density at radius 3 is 2.48 bits per heavy atom. The van der Waals surface area contributed by atoms with Crippen LogP contribution < -0.4 is 5.32 Å². The molecule has 33 heavy (non-hydrogen) atoms. The van der Waals surface area contributed by atoms with Gasteiger partial charge in [0.25, 0.3) is 5.89 Å². The SMILES string of the molecule is CSc1ccc(C2NC(=O)N(CCC(C)C)C(C)=C2c2nc(-c3ccc(Cl)cc3)no2)cc1. The van der Waals surface area contributed by atoms with Crippen molar-refractivity contribution in [2.75, 3.05) is 12.8 Å². The van der Waals surface area contributed by atoms with Crippen LogP contribution >= 0.6 is 23.4 Å². The zero-order valence-electron chi connectivity index (χ0n) is 19.1. The van der Waals surface area contributed by atoms with Gasteiger partial charge in [0.1, 0.15) is 0 Å². The quantitative estimate of drug-likeness (QED) is 0.381. The summed E-state index contributed by atoms with van der Waals surface area (Å²) < 4.78 is 5.73. The molecule has 0 aliphatic carbocycles. The number of nitrogens with one attached hydrogen (secondary N) is 1. The zero-order valence-corrected chi connectivity index (χ0v) is 20.7. The van der Waals surface area contributed by atoms with Crippen molar-refractivity contribution in [1.29, 1.82) is 0 Å². The molecule has 0 saturated heterocycles. The monoisotopic (exact) mass is 482 g/mol. The fourth-order valence-corrected chi connectivity index (χ4v) is 4.34. The van der Waals surface area contributed by atoms with E-state index in [2.05, 4.69) is 41.4 Å². The summed E-state index contributed by atoms with van der Waals surface area (Å²) in [6, 6.07) is 15.0. The summed E-state index contributed by atoms with van der Waals surface area (Å²) in [5, 5.41) is 8.00. The molecule has 1 aliphatic rings. The lowest BCUT2D eigenvalue weighted by atomic mass is 9.94. The van der Waals surface area contributed by atoms with Crippen molar-refractivity contribution in [1.82, 2.24) is 20.4 Å². The first-order valence-electron chi connectivity index (χ1n) is 10.9. The fraction of sp³-hybridized carbons (Fsp3) is 0.320. The minimum absolute atomic E-state index is 0.117. The first kappa shape index (κ1) is 23.4. The zero-order chi connectivity index (χ0) is 23.5. The van der Waals surface area contributed by atoms with Gasteiger partial charge in [0.15, 0.2) is 0 Å². The molecule has 1 aliphatic heterocycles. The Hall–Kier alpha value is -2.77. The number of carbonyl (C=O) groups is 1. The van der Waals surface area contributed by atoms with Crippen molar-refractivity contribution in [3.05, 3.63) is 70.7 Å². The Labute approximate surface area is 203 Å². The number of hydrogen-bond acceptors (Lipinski definition) is 5. The molecule has 3 aromatic rings. The third-order valence-electron chi connectivity index (χ3n) is 5.73. The van der Waals surface area contributed by atoms with E-state index in [0.717, 1.165) is 33.7 Å². The van der Waals surface area contributed by atoms with Crippen molar-refractivity contribution in [3.63, 3.8) is 0 Å². The lowest BCUT2D eigenvalue weighted by Gasteiger charge is -2.35. The molecule has 2 amide bonds. The molecule has 2 heterocycles. The predicted molar refractivity (Wildman–Crippen MR) is 133 cm³/mol. The molecule has 0 fully saturated rings. The van der Waals surface area contributed by atoms with Crippen LogP contribution in [0.3, 0.4) is 0 Å². The van der Waals surface area contributed by atoms with Crippen molar-refractivity contribution in [2.45, 2.75) is 38.1 Å². The molecule has 4 rings (SSSR count). The third kappa shape index (κ3) is 5.09. The van der Waals surface area contributed by atoms with E-state index in [4.69, 9.17) is 16.1 Å². The van der Waals surface area contributed by atoms with Crippen LogP contribution in [0.4, 0.5) is 4.79 Å². The number of halogens is 1. The Bertz CT molecular complexity index is 1160. The lowest BCUT2D eigenvalue weighted by Crippen LogP contribution is -2.46. The van der Waals surface area contributed by atoms with E-state index in [1.165, 1.54) is 0 Å². The van der Waals surface area contributed by atoms with E-state index in [9.17, 15) is 4.79 Å². The number of carbonyl (C=O) groups excluding carboxylic acids is 1. The molecule has 0 radical (unpaired) electrons. The molecule has 1 unspecified atom stereocenters. The summed E-state index contributed by atoms with van der Waals surface area (Å²) in [6.07, 6.45) is 2.93. The highest BCUT2D eigenvalue weighted by molar-refractivity contribution is 7.98. The topological polar surface area (TPSA) is 71.3 Å². The van der Waals surface area contributed by atoms with E-state index < -0.39 is 0 Å². The number of aromatic nitrogens is 2. The van der Waals surface area contributed by atoms with Gasteiger partial charge in [0, 0.05) is 27.7 Å². The molecule has 2 aromatic carbocycles. The van der Waals surface area contributed by atoms with Gasteiger partial charge in [0.05, 0.1) is 11.6 Å². The number of urea groups is 1. The van der Waals surface area contributed by atoms with Crippen molar-refractivity contribution >= 4 is 35.0 Å². The highest BCUT2D eigenvalue weighted by Gasteiger charge is 2.35. The Kier molecular flexibility index (Phi) is 7.10. The van der Waals surface area contributed by atoms with Gasteiger partial charge in [-0.05, 0) is 67.5 Å². The van der Waals surface area contributed by atoms with Crippen LogP contribution in [0.5, 0.6) is 0 Å². The minimum Gasteiger partial charge on any atom is -0.334 e. The average Bonchev–Trinajstić information content (AvgIpc) is 3.28. The van der Waals surface area contributed by atoms with E-state index in [-0.39, 0.29) is 12.1 Å². The summed E-state index contributed by atoms with van der Waals surface area (Å²) >= 11 is 7.69. The van der Waals surface area contributed by atoms with E-state index in [0.29, 0.717) is 29.2 Å². The first-order chi connectivity index (χ1) is 15.9. The van der Waals surface area contributed by atoms with E-state index >= 15 is 0 Å². The molecule has 1 N–H and O–H groups in total. The number of benzene rings is 2. The van der Waals surface area contributed by atoms with Crippen molar-refractivity contribution < 1.29 is 9.32 Å². The van der Waals surface area contributed by atoms with Gasteiger partial charge in [-0.2, -0.15) is 4.98 Å². The maximum absolute atomic E-state index is 13.1. The van der Waals surface area contributed by atoms with Crippen molar-refractivity contribution in [2.24, 2.45) is 5.92 Å². The second-order valence-electron chi connectivity index (χ2n) is 8.42. The smallest absolute Gasteiger partial charge is 0.322 e. The molecule has 0 bridgehead atoms. The second-order valence-corrected chi connectivity index (χ2v) is 9.74. The summed E-state index contributed by atoms with van der Waals surface area (Å²) in [7, 11) is 0. The van der Waals surface area contributed by atoms with Gasteiger partial charge in [-0.25, -0.2) is 4.79 Å². The molecule has 172 valence electrons. The van der Waals surface area contributed by atoms with Gasteiger partial charge in [-0.15, -0.1) is 11.8 Å². The summed E-state index contributed by atoms with van der Waals surface area (Å²) in [5.41, 5.74) is 3.41. The number of allylic oxidation sites excluding steroid dienone is 1. The first-order valence-corrected chi connectivity index (χ1v) is 12.5. The van der Waals surface area contributed by atoms with Gasteiger partial charge in [0.2, 0.25) is 5.82 Å². The number of amides is 2. The fourth-order valence-electron chi connectivity index (χ4n) is 3.81. The Morgan fingerprint density at radius 1 is 1.15 bits per heavy atom. The van der Waals surface area contributed by atoms with Crippen LogP contribution in [0.25, 0.3) is 17.0 Å². The molecule has 8 heteroatoms. The largest absolute Gasteiger partial charge is 0.334 e. The predicted octanol–water partition coefficient (Wildman–Crippen LogP) is 6.66. The number of nitrogens with zero attached hydrogens (tertiary/aromatic N) is 3. The minimum atomic E-state index is -0.387. The Morgan fingerprint density at radius 2 is 1.85 bits per heavy atom. The maximum Gasteiger partial charge on any atom is 0.322 e.